The number of benzene rings is 1. The lowest BCUT2D eigenvalue weighted by atomic mass is 10.2. The second kappa shape index (κ2) is 8.44. The molecule has 7 nitrogen and oxygen atoms in total. The predicted octanol–water partition coefficient (Wildman–Crippen LogP) is 0.728. The first kappa shape index (κ1) is 19.4. The number of rotatable bonds is 6. The highest BCUT2D eigenvalue weighted by molar-refractivity contribution is 7.89. The smallest absolute Gasteiger partial charge is 0.309 e. The fourth-order valence-electron chi connectivity index (χ4n) is 2.73. The first-order chi connectivity index (χ1) is 11.8. The maximum Gasteiger partial charge on any atom is 0.309 e. The molecule has 1 aliphatic rings. The van der Waals surface area contributed by atoms with Gasteiger partial charge in [-0.05, 0) is 30.9 Å². The van der Waals surface area contributed by atoms with E-state index in [4.69, 9.17) is 0 Å². The molecule has 2 N–H and O–H groups in total. The lowest BCUT2D eigenvalue weighted by Crippen LogP contribution is -2.47. The van der Waals surface area contributed by atoms with Gasteiger partial charge in [0.05, 0.1) is 4.90 Å². The molecule has 0 aliphatic carbocycles. The fourth-order valence-corrected chi connectivity index (χ4v) is 4.44. The molecule has 0 bridgehead atoms. The number of nitrogens with zero attached hydrogens (tertiary/aromatic N) is 1. The van der Waals surface area contributed by atoms with Gasteiger partial charge in [-0.2, -0.15) is 4.31 Å². The summed E-state index contributed by atoms with van der Waals surface area (Å²) < 4.78 is 26.9. The van der Waals surface area contributed by atoms with Crippen LogP contribution in [0.5, 0.6) is 0 Å². The van der Waals surface area contributed by atoms with Gasteiger partial charge in [-0.15, -0.1) is 0 Å². The topological polar surface area (TPSA) is 95.6 Å². The van der Waals surface area contributed by atoms with Crippen molar-refractivity contribution in [1.82, 2.24) is 14.9 Å². The van der Waals surface area contributed by atoms with Gasteiger partial charge < -0.3 is 10.6 Å². The standard InChI is InChI=1S/C17H25N3O4S/c1-13(2)11-18-16(21)17(22)19-12-14-7-6-10-20(14)25(23,24)15-8-4-3-5-9-15/h3-5,8-9,13-14H,6-7,10-12H2,1-2H3,(H,18,21)(H,19,22)/t14-/m0/s1. The van der Waals surface area contributed by atoms with E-state index in [1.165, 1.54) is 4.31 Å². The Labute approximate surface area is 148 Å². The van der Waals surface area contributed by atoms with Crippen LogP contribution >= 0.6 is 0 Å². The minimum absolute atomic E-state index is 0.125. The molecule has 0 aromatic heterocycles. The fraction of sp³-hybridized carbons (Fsp3) is 0.529. The molecule has 1 saturated heterocycles. The third kappa shape index (κ3) is 5.02. The summed E-state index contributed by atoms with van der Waals surface area (Å²) in [5.41, 5.74) is 0. The Morgan fingerprint density at radius 3 is 2.44 bits per heavy atom. The van der Waals surface area contributed by atoms with E-state index in [1.807, 2.05) is 13.8 Å². The van der Waals surface area contributed by atoms with Crippen LogP contribution in [0.15, 0.2) is 35.2 Å². The van der Waals surface area contributed by atoms with Gasteiger partial charge in [0.1, 0.15) is 0 Å². The maximum atomic E-state index is 12.7. The molecule has 2 rings (SSSR count). The van der Waals surface area contributed by atoms with E-state index in [-0.39, 0.29) is 23.4 Å². The molecule has 0 spiro atoms. The summed E-state index contributed by atoms with van der Waals surface area (Å²) in [7, 11) is -3.60. The van der Waals surface area contributed by atoms with Crippen molar-refractivity contribution in [2.24, 2.45) is 5.92 Å². The monoisotopic (exact) mass is 367 g/mol. The van der Waals surface area contributed by atoms with Crippen LogP contribution in [0.25, 0.3) is 0 Å². The highest BCUT2D eigenvalue weighted by Crippen LogP contribution is 2.25. The SMILES string of the molecule is CC(C)CNC(=O)C(=O)NC[C@@H]1CCCN1S(=O)(=O)c1ccccc1. The molecule has 1 heterocycles. The van der Waals surface area contributed by atoms with Crippen molar-refractivity contribution in [2.45, 2.75) is 37.6 Å². The molecule has 1 aromatic carbocycles. The summed E-state index contributed by atoms with van der Waals surface area (Å²) >= 11 is 0. The first-order valence-corrected chi connectivity index (χ1v) is 9.89. The highest BCUT2D eigenvalue weighted by atomic mass is 32.2. The average Bonchev–Trinajstić information content (AvgIpc) is 3.07. The van der Waals surface area contributed by atoms with Gasteiger partial charge in [0.25, 0.3) is 0 Å². The van der Waals surface area contributed by atoms with Gasteiger partial charge in [0, 0.05) is 25.7 Å². The molecule has 0 saturated carbocycles. The van der Waals surface area contributed by atoms with E-state index in [9.17, 15) is 18.0 Å². The van der Waals surface area contributed by atoms with Gasteiger partial charge in [-0.1, -0.05) is 32.0 Å². The van der Waals surface area contributed by atoms with Crippen LogP contribution < -0.4 is 10.6 Å². The second-order valence-corrected chi connectivity index (χ2v) is 8.43. The summed E-state index contributed by atoms with van der Waals surface area (Å²) in [6.07, 6.45) is 1.38. The predicted molar refractivity (Wildman–Crippen MR) is 94.2 cm³/mol. The number of hydrogen-bond acceptors (Lipinski definition) is 4. The highest BCUT2D eigenvalue weighted by Gasteiger charge is 2.35. The number of amides is 2. The van der Waals surface area contributed by atoms with Crippen LogP contribution in [0.1, 0.15) is 26.7 Å². The van der Waals surface area contributed by atoms with Crippen molar-refractivity contribution in [2.75, 3.05) is 19.6 Å². The van der Waals surface area contributed by atoms with Crippen LogP contribution in [0, 0.1) is 5.92 Å². The summed E-state index contributed by atoms with van der Waals surface area (Å²) in [5, 5.41) is 5.09. The molecule has 1 fully saturated rings. The number of hydrogen-bond donors (Lipinski definition) is 2. The molecular formula is C17H25N3O4S. The van der Waals surface area contributed by atoms with Crippen molar-refractivity contribution in [3.8, 4) is 0 Å². The average molecular weight is 367 g/mol. The Morgan fingerprint density at radius 1 is 1.16 bits per heavy atom. The molecule has 1 aliphatic heterocycles. The van der Waals surface area contributed by atoms with E-state index in [0.29, 0.717) is 19.5 Å². The molecule has 2 amide bonds. The van der Waals surface area contributed by atoms with Crippen LogP contribution in [0.3, 0.4) is 0 Å². The van der Waals surface area contributed by atoms with Crippen LogP contribution in [-0.4, -0.2) is 50.2 Å². The lowest BCUT2D eigenvalue weighted by molar-refractivity contribution is -0.139. The Bertz CT molecular complexity index is 704. The zero-order chi connectivity index (χ0) is 18.4. The van der Waals surface area contributed by atoms with Gasteiger partial charge >= 0.3 is 11.8 Å². The number of nitrogens with one attached hydrogen (secondary N) is 2. The van der Waals surface area contributed by atoms with Gasteiger partial charge in [-0.25, -0.2) is 8.42 Å². The molecular weight excluding hydrogens is 342 g/mol. The van der Waals surface area contributed by atoms with Crippen molar-refractivity contribution in [1.29, 1.82) is 0 Å². The zero-order valence-electron chi connectivity index (χ0n) is 14.6. The summed E-state index contributed by atoms with van der Waals surface area (Å²) in [6, 6.07) is 7.89. The van der Waals surface area contributed by atoms with Crippen LogP contribution in [0.4, 0.5) is 0 Å². The third-order valence-electron chi connectivity index (χ3n) is 4.05. The van der Waals surface area contributed by atoms with Crippen molar-refractivity contribution in [3.63, 3.8) is 0 Å². The molecule has 0 radical (unpaired) electrons. The third-order valence-corrected chi connectivity index (χ3v) is 6.01. The number of sulfonamides is 1. The number of carbonyl (C=O) groups is 2. The van der Waals surface area contributed by atoms with Crippen LogP contribution in [-0.2, 0) is 19.6 Å². The van der Waals surface area contributed by atoms with Gasteiger partial charge in [0.15, 0.2) is 0 Å². The van der Waals surface area contributed by atoms with E-state index >= 15 is 0 Å². The molecule has 8 heteroatoms. The lowest BCUT2D eigenvalue weighted by Gasteiger charge is -2.24. The van der Waals surface area contributed by atoms with E-state index < -0.39 is 21.8 Å². The molecule has 0 unspecified atom stereocenters. The largest absolute Gasteiger partial charge is 0.348 e. The first-order valence-electron chi connectivity index (χ1n) is 8.45. The number of carbonyl (C=O) groups excluding carboxylic acids is 2. The normalized spacial score (nSPS) is 18.3. The van der Waals surface area contributed by atoms with Crippen LogP contribution in [0.2, 0.25) is 0 Å². The summed E-state index contributed by atoms with van der Waals surface area (Å²) in [5.74, 6) is -1.17. The quantitative estimate of drug-likeness (QED) is 0.725. The molecule has 25 heavy (non-hydrogen) atoms. The molecule has 1 aromatic rings. The summed E-state index contributed by atoms with van der Waals surface area (Å²) in [4.78, 5) is 23.8. The second-order valence-electron chi connectivity index (χ2n) is 6.54. The minimum atomic E-state index is -3.60. The Kier molecular flexibility index (Phi) is 6.55. The Morgan fingerprint density at radius 2 is 1.80 bits per heavy atom. The zero-order valence-corrected chi connectivity index (χ0v) is 15.4. The molecule has 1 atom stereocenters. The van der Waals surface area contributed by atoms with E-state index in [2.05, 4.69) is 10.6 Å². The van der Waals surface area contributed by atoms with Crippen molar-refractivity contribution in [3.05, 3.63) is 30.3 Å². The molecule has 138 valence electrons. The van der Waals surface area contributed by atoms with E-state index in [0.717, 1.165) is 6.42 Å². The summed E-state index contributed by atoms with van der Waals surface area (Å²) in [6.45, 7) is 4.83. The van der Waals surface area contributed by atoms with Gasteiger partial charge in [0.2, 0.25) is 10.0 Å². The van der Waals surface area contributed by atoms with E-state index in [1.54, 1.807) is 30.3 Å². The van der Waals surface area contributed by atoms with Crippen molar-refractivity contribution >= 4 is 21.8 Å². The maximum absolute atomic E-state index is 12.7. The van der Waals surface area contributed by atoms with Gasteiger partial charge in [-0.3, -0.25) is 9.59 Å². The Balaban J connectivity index is 1.96. The minimum Gasteiger partial charge on any atom is -0.348 e. The van der Waals surface area contributed by atoms with Crippen molar-refractivity contribution < 1.29 is 18.0 Å². The Hall–Kier alpha value is -1.93.